The molecular weight excluding hydrogens is 232 g/mol. The molecular formula is C13H24N2O3. The molecule has 2 N–H and O–H groups in total. The maximum absolute atomic E-state index is 12.0. The van der Waals surface area contributed by atoms with Crippen LogP contribution in [0.1, 0.15) is 46.5 Å². The van der Waals surface area contributed by atoms with Crippen LogP contribution in [0.2, 0.25) is 0 Å². The number of carboxylic acid groups (broad SMARTS) is 1. The summed E-state index contributed by atoms with van der Waals surface area (Å²) >= 11 is 0. The van der Waals surface area contributed by atoms with Crippen molar-refractivity contribution in [2.24, 2.45) is 5.41 Å². The molecule has 1 atom stereocenters. The Balaban J connectivity index is 2.55. The number of aliphatic carboxylic acids is 1. The largest absolute Gasteiger partial charge is 0.480 e. The van der Waals surface area contributed by atoms with Crippen molar-refractivity contribution in [3.05, 3.63) is 0 Å². The average Bonchev–Trinajstić information content (AvgIpc) is 2.26. The Morgan fingerprint density at radius 3 is 2.61 bits per heavy atom. The molecule has 18 heavy (non-hydrogen) atoms. The van der Waals surface area contributed by atoms with Gasteiger partial charge in [-0.3, -0.25) is 0 Å². The van der Waals surface area contributed by atoms with E-state index in [4.69, 9.17) is 5.11 Å². The Labute approximate surface area is 109 Å². The number of carboxylic acids is 1. The van der Waals surface area contributed by atoms with Crippen LogP contribution >= 0.6 is 0 Å². The van der Waals surface area contributed by atoms with Gasteiger partial charge in [-0.2, -0.15) is 0 Å². The molecule has 104 valence electrons. The number of likely N-dealkylation sites (tertiary alicyclic amines) is 1. The van der Waals surface area contributed by atoms with E-state index < -0.39 is 12.0 Å². The lowest BCUT2D eigenvalue weighted by Gasteiger charge is -2.38. The standard InChI is InChI=1S/C13H24N2O3/c1-4-6-10(11(16)17)14-12(18)15-8-5-7-13(2,3)9-15/h10H,4-9H2,1-3H3,(H,14,18)(H,16,17)/t10-/m0/s1. The molecule has 1 aliphatic rings. The summed E-state index contributed by atoms with van der Waals surface area (Å²) < 4.78 is 0. The maximum Gasteiger partial charge on any atom is 0.326 e. The third-order valence-electron chi connectivity index (χ3n) is 3.36. The van der Waals surface area contributed by atoms with Crippen LogP contribution in [0.4, 0.5) is 4.79 Å². The number of piperidine rings is 1. The SMILES string of the molecule is CCC[C@H](NC(=O)N1CCCC(C)(C)C1)C(=O)O. The number of nitrogens with one attached hydrogen (secondary N) is 1. The molecule has 5 nitrogen and oxygen atoms in total. The van der Waals surface area contributed by atoms with Gasteiger partial charge in [-0.05, 0) is 24.7 Å². The van der Waals surface area contributed by atoms with Gasteiger partial charge in [-0.25, -0.2) is 9.59 Å². The van der Waals surface area contributed by atoms with Crippen molar-refractivity contribution in [3.8, 4) is 0 Å². The van der Waals surface area contributed by atoms with Crippen LogP contribution in [-0.2, 0) is 4.79 Å². The minimum atomic E-state index is -0.957. The van der Waals surface area contributed by atoms with Gasteiger partial charge in [0.25, 0.3) is 0 Å². The summed E-state index contributed by atoms with van der Waals surface area (Å²) in [5, 5.41) is 11.6. The first-order chi connectivity index (χ1) is 8.35. The van der Waals surface area contributed by atoms with Crippen LogP contribution in [-0.4, -0.2) is 41.1 Å². The molecule has 1 rings (SSSR count). The second-order valence-electron chi connectivity index (χ2n) is 5.82. The summed E-state index contributed by atoms with van der Waals surface area (Å²) in [6.07, 6.45) is 3.29. The molecule has 1 saturated heterocycles. The van der Waals surface area contributed by atoms with E-state index in [1.807, 2.05) is 6.92 Å². The number of urea groups is 1. The molecule has 1 aliphatic heterocycles. The number of hydrogen-bond donors (Lipinski definition) is 2. The number of hydrogen-bond acceptors (Lipinski definition) is 2. The summed E-state index contributed by atoms with van der Waals surface area (Å²) in [4.78, 5) is 24.8. The van der Waals surface area contributed by atoms with Gasteiger partial charge in [-0.15, -0.1) is 0 Å². The molecule has 1 fully saturated rings. The van der Waals surface area contributed by atoms with Crippen LogP contribution in [0, 0.1) is 5.41 Å². The summed E-state index contributed by atoms with van der Waals surface area (Å²) in [5.41, 5.74) is 0.124. The second-order valence-corrected chi connectivity index (χ2v) is 5.82. The predicted molar refractivity (Wildman–Crippen MR) is 69.5 cm³/mol. The molecule has 0 spiro atoms. The van der Waals surface area contributed by atoms with Gasteiger partial charge in [0.15, 0.2) is 0 Å². The average molecular weight is 256 g/mol. The van der Waals surface area contributed by atoms with Gasteiger partial charge in [-0.1, -0.05) is 27.2 Å². The number of nitrogens with zero attached hydrogens (tertiary/aromatic N) is 1. The highest BCUT2D eigenvalue weighted by Crippen LogP contribution is 2.28. The zero-order valence-electron chi connectivity index (χ0n) is 11.5. The molecule has 0 radical (unpaired) electrons. The summed E-state index contributed by atoms with van der Waals surface area (Å²) in [6.45, 7) is 7.58. The predicted octanol–water partition coefficient (Wildman–Crippen LogP) is 2.07. The molecule has 0 aliphatic carbocycles. The minimum absolute atomic E-state index is 0.124. The summed E-state index contributed by atoms with van der Waals surface area (Å²) in [7, 11) is 0. The van der Waals surface area contributed by atoms with Gasteiger partial charge in [0.2, 0.25) is 0 Å². The Morgan fingerprint density at radius 2 is 2.11 bits per heavy atom. The van der Waals surface area contributed by atoms with Crippen molar-refractivity contribution < 1.29 is 14.7 Å². The minimum Gasteiger partial charge on any atom is -0.480 e. The topological polar surface area (TPSA) is 69.6 Å². The van der Waals surface area contributed by atoms with Crippen molar-refractivity contribution in [2.45, 2.75) is 52.5 Å². The molecule has 0 aromatic rings. The van der Waals surface area contributed by atoms with Crippen LogP contribution in [0.5, 0.6) is 0 Å². The highest BCUT2D eigenvalue weighted by molar-refractivity contribution is 5.82. The van der Waals surface area contributed by atoms with E-state index in [2.05, 4.69) is 19.2 Å². The molecule has 5 heteroatoms. The van der Waals surface area contributed by atoms with E-state index in [1.165, 1.54) is 0 Å². The third kappa shape index (κ3) is 4.20. The van der Waals surface area contributed by atoms with E-state index in [-0.39, 0.29) is 11.4 Å². The fraction of sp³-hybridized carbons (Fsp3) is 0.846. The second kappa shape index (κ2) is 6.07. The first kappa shape index (κ1) is 14.8. The molecule has 2 amide bonds. The first-order valence-corrected chi connectivity index (χ1v) is 6.64. The fourth-order valence-corrected chi connectivity index (χ4v) is 2.38. The Morgan fingerprint density at radius 1 is 1.44 bits per heavy atom. The van der Waals surface area contributed by atoms with Crippen molar-refractivity contribution in [2.75, 3.05) is 13.1 Å². The lowest BCUT2D eigenvalue weighted by atomic mass is 9.84. The van der Waals surface area contributed by atoms with E-state index in [1.54, 1.807) is 4.90 Å². The molecule has 0 aromatic heterocycles. The molecule has 0 aromatic carbocycles. The number of carbonyl (C=O) groups is 2. The summed E-state index contributed by atoms with van der Waals surface area (Å²) in [6, 6.07) is -1.02. The normalized spacial score (nSPS) is 20.3. The van der Waals surface area contributed by atoms with E-state index in [0.717, 1.165) is 19.3 Å². The van der Waals surface area contributed by atoms with Gasteiger partial charge in [0.05, 0.1) is 0 Å². The number of carbonyl (C=O) groups excluding carboxylic acids is 1. The maximum atomic E-state index is 12.0. The highest BCUT2D eigenvalue weighted by atomic mass is 16.4. The smallest absolute Gasteiger partial charge is 0.326 e. The Bertz CT molecular complexity index is 315. The fourth-order valence-electron chi connectivity index (χ4n) is 2.38. The van der Waals surface area contributed by atoms with Crippen LogP contribution in [0.3, 0.4) is 0 Å². The summed E-state index contributed by atoms with van der Waals surface area (Å²) in [5.74, 6) is -0.957. The third-order valence-corrected chi connectivity index (χ3v) is 3.36. The van der Waals surface area contributed by atoms with Crippen LogP contribution in [0.25, 0.3) is 0 Å². The quantitative estimate of drug-likeness (QED) is 0.809. The van der Waals surface area contributed by atoms with Crippen molar-refractivity contribution in [1.82, 2.24) is 10.2 Å². The highest BCUT2D eigenvalue weighted by Gasteiger charge is 2.30. The Kier molecular flexibility index (Phi) is 4.99. The van der Waals surface area contributed by atoms with Crippen molar-refractivity contribution >= 4 is 12.0 Å². The monoisotopic (exact) mass is 256 g/mol. The lowest BCUT2D eigenvalue weighted by molar-refractivity contribution is -0.139. The first-order valence-electron chi connectivity index (χ1n) is 6.64. The zero-order chi connectivity index (χ0) is 13.8. The lowest BCUT2D eigenvalue weighted by Crippen LogP contribution is -2.52. The molecule has 0 unspecified atom stereocenters. The van der Waals surface area contributed by atoms with Gasteiger partial charge >= 0.3 is 12.0 Å². The van der Waals surface area contributed by atoms with Gasteiger partial charge in [0.1, 0.15) is 6.04 Å². The molecule has 0 saturated carbocycles. The van der Waals surface area contributed by atoms with Crippen molar-refractivity contribution in [3.63, 3.8) is 0 Å². The van der Waals surface area contributed by atoms with E-state index >= 15 is 0 Å². The number of amides is 2. The molecule has 1 heterocycles. The van der Waals surface area contributed by atoms with E-state index in [0.29, 0.717) is 19.5 Å². The van der Waals surface area contributed by atoms with Gasteiger partial charge < -0.3 is 15.3 Å². The van der Waals surface area contributed by atoms with E-state index in [9.17, 15) is 9.59 Å². The van der Waals surface area contributed by atoms with Crippen LogP contribution < -0.4 is 5.32 Å². The van der Waals surface area contributed by atoms with Crippen LogP contribution in [0.15, 0.2) is 0 Å². The molecule has 0 bridgehead atoms. The van der Waals surface area contributed by atoms with Crippen molar-refractivity contribution in [1.29, 1.82) is 0 Å². The number of rotatable bonds is 4. The Hall–Kier alpha value is -1.26. The zero-order valence-corrected chi connectivity index (χ0v) is 11.5. The van der Waals surface area contributed by atoms with Gasteiger partial charge in [0, 0.05) is 13.1 Å².